The first-order chi connectivity index (χ1) is 7.56. The number of hydrogen-bond acceptors (Lipinski definition) is 5. The van der Waals surface area contributed by atoms with Gasteiger partial charge in [0, 0.05) is 33.1 Å². The third-order valence-electron chi connectivity index (χ3n) is 2.16. The van der Waals surface area contributed by atoms with Gasteiger partial charge in [-0.3, -0.25) is 16.8 Å². The number of hydrogen-bond donors (Lipinski definition) is 0. The van der Waals surface area contributed by atoms with Crippen molar-refractivity contribution in [2.75, 3.05) is 23.0 Å². The molecule has 0 spiro atoms. The van der Waals surface area contributed by atoms with Gasteiger partial charge in [-0.15, -0.1) is 0 Å². The monoisotopic (exact) mass is 288 g/mol. The first-order valence-corrected chi connectivity index (χ1v) is 9.00. The van der Waals surface area contributed by atoms with Crippen molar-refractivity contribution in [2.45, 2.75) is 26.1 Å². The second-order valence-corrected chi connectivity index (χ2v) is 7.64. The molecule has 96 valence electrons. The van der Waals surface area contributed by atoms with Gasteiger partial charge in [-0.25, -0.2) is 0 Å². The molecule has 0 radical (unpaired) electrons. The highest BCUT2D eigenvalue weighted by atomic mass is 32.2. The van der Waals surface area contributed by atoms with Gasteiger partial charge in [0.1, 0.15) is 12.2 Å². The standard InChI is InChI=1S/C8H16O5S3/c1-3-14(9)5-7-8(6-15(10)4-2)13-16(11)12-7/h7-8H,3-6H2,1-2H3. The van der Waals surface area contributed by atoms with Crippen LogP contribution in [0.1, 0.15) is 13.8 Å². The maximum atomic E-state index is 11.4. The van der Waals surface area contributed by atoms with Gasteiger partial charge in [0.05, 0.1) is 11.5 Å². The topological polar surface area (TPSA) is 69.7 Å². The molecule has 0 aromatic rings. The first kappa shape index (κ1) is 14.4. The van der Waals surface area contributed by atoms with Crippen LogP contribution in [0.15, 0.2) is 0 Å². The minimum Gasteiger partial charge on any atom is -0.261 e. The molecule has 1 aliphatic heterocycles. The highest BCUT2D eigenvalue weighted by Crippen LogP contribution is 2.19. The summed E-state index contributed by atoms with van der Waals surface area (Å²) in [4.78, 5) is 0. The molecule has 1 heterocycles. The largest absolute Gasteiger partial charge is 0.305 e. The lowest BCUT2D eigenvalue weighted by Crippen LogP contribution is -2.33. The zero-order chi connectivity index (χ0) is 12.1. The lowest BCUT2D eigenvalue weighted by atomic mass is 10.3. The second-order valence-electron chi connectivity index (χ2n) is 3.26. The van der Waals surface area contributed by atoms with Crippen LogP contribution in [0.2, 0.25) is 0 Å². The van der Waals surface area contributed by atoms with Crippen molar-refractivity contribution >= 4 is 33.0 Å². The predicted molar refractivity (Wildman–Crippen MR) is 65.0 cm³/mol. The molecular weight excluding hydrogens is 272 g/mol. The van der Waals surface area contributed by atoms with E-state index in [1.54, 1.807) is 0 Å². The van der Waals surface area contributed by atoms with E-state index in [0.29, 0.717) is 11.5 Å². The van der Waals surface area contributed by atoms with Crippen molar-refractivity contribution in [3.63, 3.8) is 0 Å². The third-order valence-corrected chi connectivity index (χ3v) is 5.66. The van der Waals surface area contributed by atoms with E-state index in [0.717, 1.165) is 0 Å². The molecule has 1 aliphatic rings. The van der Waals surface area contributed by atoms with Gasteiger partial charge in [0.15, 0.2) is 0 Å². The van der Waals surface area contributed by atoms with Gasteiger partial charge in [-0.1, -0.05) is 13.8 Å². The maximum Gasteiger partial charge on any atom is 0.305 e. The van der Waals surface area contributed by atoms with Crippen LogP contribution in [0.4, 0.5) is 0 Å². The zero-order valence-electron chi connectivity index (χ0n) is 9.25. The highest BCUT2D eigenvalue weighted by molar-refractivity contribution is 7.85. The fraction of sp³-hybridized carbons (Fsp3) is 1.00. The Bertz CT molecular complexity index is 278. The van der Waals surface area contributed by atoms with Crippen LogP contribution >= 0.6 is 0 Å². The van der Waals surface area contributed by atoms with Crippen LogP contribution in [0.3, 0.4) is 0 Å². The lowest BCUT2D eigenvalue weighted by Gasteiger charge is -2.13. The Hall–Kier alpha value is 0.370. The SMILES string of the molecule is CCS(=O)CC1OS(=O)OC1CS(=O)CC. The van der Waals surface area contributed by atoms with Crippen LogP contribution in [-0.2, 0) is 41.3 Å². The summed E-state index contributed by atoms with van der Waals surface area (Å²) >= 11 is -1.79. The van der Waals surface area contributed by atoms with Crippen molar-refractivity contribution in [1.29, 1.82) is 0 Å². The summed E-state index contributed by atoms with van der Waals surface area (Å²) in [5.41, 5.74) is 0. The molecule has 4 atom stereocenters. The van der Waals surface area contributed by atoms with Crippen molar-refractivity contribution < 1.29 is 21.0 Å². The van der Waals surface area contributed by atoms with E-state index in [1.165, 1.54) is 0 Å². The van der Waals surface area contributed by atoms with Gasteiger partial charge in [-0.2, -0.15) is 4.21 Å². The molecule has 1 rings (SSSR count). The van der Waals surface area contributed by atoms with Crippen LogP contribution < -0.4 is 0 Å². The van der Waals surface area contributed by atoms with E-state index in [1.807, 2.05) is 13.8 Å². The Morgan fingerprint density at radius 1 is 1.00 bits per heavy atom. The molecule has 1 fully saturated rings. The quantitative estimate of drug-likeness (QED) is 0.682. The van der Waals surface area contributed by atoms with Crippen molar-refractivity contribution in [1.82, 2.24) is 0 Å². The smallest absolute Gasteiger partial charge is 0.261 e. The molecular formula is C8H16O5S3. The van der Waals surface area contributed by atoms with Gasteiger partial charge >= 0.3 is 11.4 Å². The normalized spacial score (nSPS) is 33.8. The molecule has 0 aromatic heterocycles. The fourth-order valence-electron chi connectivity index (χ4n) is 1.22. The lowest BCUT2D eigenvalue weighted by molar-refractivity contribution is 0.193. The molecule has 0 saturated carbocycles. The van der Waals surface area contributed by atoms with E-state index in [2.05, 4.69) is 0 Å². The van der Waals surface area contributed by atoms with E-state index >= 15 is 0 Å². The van der Waals surface area contributed by atoms with Gasteiger partial charge < -0.3 is 0 Å². The van der Waals surface area contributed by atoms with Crippen LogP contribution in [0, 0.1) is 0 Å². The Balaban J connectivity index is 2.55. The first-order valence-electron chi connectivity index (χ1n) is 5.02. The molecule has 0 aliphatic carbocycles. The molecule has 0 N–H and O–H groups in total. The fourth-order valence-corrected chi connectivity index (χ4v) is 4.00. The van der Waals surface area contributed by atoms with E-state index < -0.39 is 45.2 Å². The average Bonchev–Trinajstić information content (AvgIpc) is 2.58. The zero-order valence-corrected chi connectivity index (χ0v) is 11.7. The second kappa shape index (κ2) is 6.95. The average molecular weight is 288 g/mol. The van der Waals surface area contributed by atoms with Crippen LogP contribution in [0.25, 0.3) is 0 Å². The summed E-state index contributed by atoms with van der Waals surface area (Å²) in [6.45, 7) is 3.62. The summed E-state index contributed by atoms with van der Waals surface area (Å²) in [5, 5.41) is 0. The minimum atomic E-state index is -1.79. The Kier molecular flexibility index (Phi) is 6.27. The van der Waals surface area contributed by atoms with Gasteiger partial charge in [0.2, 0.25) is 0 Å². The molecule has 0 bridgehead atoms. The molecule has 0 amide bonds. The van der Waals surface area contributed by atoms with E-state index in [-0.39, 0.29) is 11.5 Å². The van der Waals surface area contributed by atoms with Crippen molar-refractivity contribution in [2.24, 2.45) is 0 Å². The summed E-state index contributed by atoms with van der Waals surface area (Å²) in [6, 6.07) is 0. The highest BCUT2D eigenvalue weighted by Gasteiger charge is 2.37. The maximum absolute atomic E-state index is 11.4. The Morgan fingerprint density at radius 3 is 1.69 bits per heavy atom. The summed E-state index contributed by atoms with van der Waals surface area (Å²) in [5.74, 6) is 1.62. The summed E-state index contributed by atoms with van der Waals surface area (Å²) < 4.78 is 43.9. The third kappa shape index (κ3) is 4.33. The van der Waals surface area contributed by atoms with Crippen LogP contribution in [-0.4, -0.2) is 47.8 Å². The predicted octanol–water partition coefficient (Wildman–Crippen LogP) is -0.114. The van der Waals surface area contributed by atoms with Crippen molar-refractivity contribution in [3.05, 3.63) is 0 Å². The molecule has 4 unspecified atom stereocenters. The molecule has 5 nitrogen and oxygen atoms in total. The van der Waals surface area contributed by atoms with Crippen molar-refractivity contribution in [3.8, 4) is 0 Å². The number of rotatable bonds is 6. The Labute approximate surface area is 103 Å². The Morgan fingerprint density at radius 2 is 1.38 bits per heavy atom. The van der Waals surface area contributed by atoms with Crippen LogP contribution in [0.5, 0.6) is 0 Å². The van der Waals surface area contributed by atoms with Gasteiger partial charge in [-0.05, 0) is 0 Å². The molecule has 16 heavy (non-hydrogen) atoms. The summed E-state index contributed by atoms with van der Waals surface area (Å²) in [6.07, 6.45) is -0.950. The molecule has 8 heteroatoms. The van der Waals surface area contributed by atoms with E-state index in [9.17, 15) is 12.6 Å². The minimum absolute atomic E-state index is 0.286. The van der Waals surface area contributed by atoms with E-state index in [4.69, 9.17) is 8.37 Å². The van der Waals surface area contributed by atoms with Gasteiger partial charge in [0.25, 0.3) is 0 Å². The summed E-state index contributed by atoms with van der Waals surface area (Å²) in [7, 11) is -2.02. The molecule has 0 aromatic carbocycles. The molecule has 1 saturated heterocycles.